The second kappa shape index (κ2) is 5.79. The summed E-state index contributed by atoms with van der Waals surface area (Å²) in [6, 6.07) is 3.40. The monoisotopic (exact) mass is 276 g/mol. The molecule has 0 aromatic carbocycles. The zero-order valence-corrected chi connectivity index (χ0v) is 11.5. The highest BCUT2D eigenvalue weighted by Crippen LogP contribution is 2.27. The molecule has 5 heteroatoms. The summed E-state index contributed by atoms with van der Waals surface area (Å²) in [5.74, 6) is 0.689. The number of hydrogen-bond donors (Lipinski definition) is 1. The van der Waals surface area contributed by atoms with Crippen molar-refractivity contribution < 1.29 is 14.0 Å². The number of hydrogen-bond acceptors (Lipinski definition) is 4. The van der Waals surface area contributed by atoms with Crippen LogP contribution in [0, 0.1) is 0 Å². The summed E-state index contributed by atoms with van der Waals surface area (Å²) in [4.78, 5) is 26.0. The van der Waals surface area contributed by atoms with Crippen molar-refractivity contribution >= 4 is 11.8 Å². The van der Waals surface area contributed by atoms with Crippen LogP contribution in [-0.2, 0) is 16.1 Å². The third-order valence-electron chi connectivity index (χ3n) is 4.23. The van der Waals surface area contributed by atoms with Gasteiger partial charge in [0.15, 0.2) is 0 Å². The molecule has 5 nitrogen and oxygen atoms in total. The molecule has 3 rings (SSSR count). The van der Waals surface area contributed by atoms with Crippen molar-refractivity contribution in [2.45, 2.75) is 57.2 Å². The Balaban J connectivity index is 1.60. The van der Waals surface area contributed by atoms with E-state index in [1.54, 1.807) is 6.26 Å². The summed E-state index contributed by atoms with van der Waals surface area (Å²) < 4.78 is 5.23. The molecule has 1 unspecified atom stereocenters. The maximum absolute atomic E-state index is 12.4. The van der Waals surface area contributed by atoms with Gasteiger partial charge in [0, 0.05) is 6.04 Å². The van der Waals surface area contributed by atoms with E-state index in [0.29, 0.717) is 6.54 Å². The molecule has 1 aromatic rings. The van der Waals surface area contributed by atoms with Crippen LogP contribution in [0.25, 0.3) is 0 Å². The Labute approximate surface area is 118 Å². The van der Waals surface area contributed by atoms with Crippen LogP contribution >= 0.6 is 0 Å². The van der Waals surface area contributed by atoms with Gasteiger partial charge in [0.25, 0.3) is 0 Å². The second-order valence-electron chi connectivity index (χ2n) is 5.61. The third-order valence-corrected chi connectivity index (χ3v) is 4.23. The van der Waals surface area contributed by atoms with Crippen LogP contribution < -0.4 is 5.32 Å². The molecule has 1 N–H and O–H groups in total. The lowest BCUT2D eigenvalue weighted by Crippen LogP contribution is -2.44. The molecule has 0 bridgehead atoms. The fourth-order valence-electron chi connectivity index (χ4n) is 3.17. The molecule has 2 fully saturated rings. The Kier molecular flexibility index (Phi) is 3.87. The molecule has 20 heavy (non-hydrogen) atoms. The van der Waals surface area contributed by atoms with Crippen LogP contribution in [-0.4, -0.2) is 28.8 Å². The van der Waals surface area contributed by atoms with Gasteiger partial charge in [-0.05, 0) is 25.0 Å². The van der Waals surface area contributed by atoms with Crippen LogP contribution in [0.1, 0.15) is 44.3 Å². The number of carbonyl (C=O) groups excluding carboxylic acids is 2. The van der Waals surface area contributed by atoms with Gasteiger partial charge in [0.2, 0.25) is 11.8 Å². The minimum absolute atomic E-state index is 0.0288. The van der Waals surface area contributed by atoms with E-state index >= 15 is 0 Å². The Hall–Kier alpha value is -1.62. The summed E-state index contributed by atoms with van der Waals surface area (Å²) >= 11 is 0. The van der Waals surface area contributed by atoms with Crippen molar-refractivity contribution in [2.75, 3.05) is 0 Å². The maximum Gasteiger partial charge on any atom is 0.247 e. The van der Waals surface area contributed by atoms with E-state index in [9.17, 15) is 9.59 Å². The lowest BCUT2D eigenvalue weighted by atomic mass is 9.94. The van der Waals surface area contributed by atoms with Gasteiger partial charge in [-0.1, -0.05) is 19.3 Å². The molecule has 2 heterocycles. The lowest BCUT2D eigenvalue weighted by Gasteiger charge is -2.29. The lowest BCUT2D eigenvalue weighted by molar-refractivity contribution is -0.142. The molecule has 1 aromatic heterocycles. The normalized spacial score (nSPS) is 24.6. The molecule has 1 atom stereocenters. The van der Waals surface area contributed by atoms with Gasteiger partial charge in [-0.25, -0.2) is 0 Å². The first kappa shape index (κ1) is 13.4. The predicted octanol–water partition coefficient (Wildman–Crippen LogP) is 1.83. The summed E-state index contributed by atoms with van der Waals surface area (Å²) in [5, 5.41) is 3.13. The van der Waals surface area contributed by atoms with Crippen molar-refractivity contribution in [3.63, 3.8) is 0 Å². The van der Waals surface area contributed by atoms with Crippen LogP contribution in [0.15, 0.2) is 22.8 Å². The summed E-state index contributed by atoms with van der Waals surface area (Å²) in [7, 11) is 0. The highest BCUT2D eigenvalue weighted by Gasteiger charge is 2.42. The van der Waals surface area contributed by atoms with E-state index in [4.69, 9.17) is 4.42 Å². The number of carbonyl (C=O) groups is 2. The molecule has 0 spiro atoms. The molecule has 1 aliphatic carbocycles. The van der Waals surface area contributed by atoms with E-state index in [-0.39, 0.29) is 24.3 Å². The Bertz CT molecular complexity index is 477. The fraction of sp³-hybridized carbons (Fsp3) is 0.600. The number of nitrogens with zero attached hydrogens (tertiary/aromatic N) is 1. The van der Waals surface area contributed by atoms with Crippen LogP contribution in [0.2, 0.25) is 0 Å². The second-order valence-corrected chi connectivity index (χ2v) is 5.61. The zero-order chi connectivity index (χ0) is 13.9. The standard InChI is InChI=1S/C15H20N2O3/c18-14-9-13(16-10-12-7-4-8-20-12)15(19)17(14)11-5-2-1-3-6-11/h4,7-8,11,13,16H,1-3,5-6,9-10H2. The highest BCUT2D eigenvalue weighted by atomic mass is 16.3. The van der Waals surface area contributed by atoms with Gasteiger partial charge in [-0.15, -0.1) is 0 Å². The fourth-order valence-corrected chi connectivity index (χ4v) is 3.17. The number of imide groups is 1. The molecule has 1 saturated carbocycles. The van der Waals surface area contributed by atoms with Crippen LogP contribution in [0.4, 0.5) is 0 Å². The van der Waals surface area contributed by atoms with Gasteiger partial charge >= 0.3 is 0 Å². The number of amides is 2. The number of furan rings is 1. The highest BCUT2D eigenvalue weighted by molar-refractivity contribution is 6.05. The van der Waals surface area contributed by atoms with E-state index in [0.717, 1.165) is 31.4 Å². The SMILES string of the molecule is O=C1CC(NCc2ccco2)C(=O)N1C1CCCCC1. The Morgan fingerprint density at radius 2 is 2.05 bits per heavy atom. The van der Waals surface area contributed by atoms with E-state index in [2.05, 4.69) is 5.32 Å². The minimum Gasteiger partial charge on any atom is -0.468 e. The molecular formula is C15H20N2O3. The molecule has 1 saturated heterocycles. The van der Waals surface area contributed by atoms with Gasteiger partial charge in [-0.3, -0.25) is 19.8 Å². The minimum atomic E-state index is -0.394. The average molecular weight is 276 g/mol. The van der Waals surface area contributed by atoms with Gasteiger partial charge in [0.1, 0.15) is 5.76 Å². The summed E-state index contributed by atoms with van der Waals surface area (Å²) in [6.45, 7) is 0.481. The molecule has 2 aliphatic rings. The third kappa shape index (κ3) is 2.63. The molecular weight excluding hydrogens is 256 g/mol. The van der Waals surface area contributed by atoms with E-state index in [1.807, 2.05) is 12.1 Å². The maximum atomic E-state index is 12.4. The van der Waals surface area contributed by atoms with Gasteiger partial charge in [-0.2, -0.15) is 0 Å². The number of nitrogens with one attached hydrogen (secondary N) is 1. The first-order valence-corrected chi connectivity index (χ1v) is 7.37. The number of likely N-dealkylation sites (tertiary alicyclic amines) is 1. The molecule has 1 aliphatic heterocycles. The van der Waals surface area contributed by atoms with E-state index in [1.165, 1.54) is 11.3 Å². The summed E-state index contributed by atoms with van der Waals surface area (Å²) in [5.41, 5.74) is 0. The van der Waals surface area contributed by atoms with Crippen molar-refractivity contribution in [1.29, 1.82) is 0 Å². The van der Waals surface area contributed by atoms with Crippen molar-refractivity contribution in [3.05, 3.63) is 24.2 Å². The predicted molar refractivity (Wildman–Crippen MR) is 72.7 cm³/mol. The van der Waals surface area contributed by atoms with Gasteiger partial charge < -0.3 is 4.42 Å². The van der Waals surface area contributed by atoms with Crippen molar-refractivity contribution in [3.8, 4) is 0 Å². The largest absolute Gasteiger partial charge is 0.468 e. The van der Waals surface area contributed by atoms with Crippen LogP contribution in [0.5, 0.6) is 0 Å². The average Bonchev–Trinajstić information content (AvgIpc) is 3.06. The quantitative estimate of drug-likeness (QED) is 0.852. The molecule has 2 amide bonds. The number of rotatable bonds is 4. The van der Waals surface area contributed by atoms with Crippen molar-refractivity contribution in [1.82, 2.24) is 10.2 Å². The van der Waals surface area contributed by atoms with Crippen molar-refractivity contribution in [2.24, 2.45) is 0 Å². The Morgan fingerprint density at radius 1 is 1.25 bits per heavy atom. The Morgan fingerprint density at radius 3 is 2.75 bits per heavy atom. The molecule has 108 valence electrons. The topological polar surface area (TPSA) is 62.6 Å². The van der Waals surface area contributed by atoms with Gasteiger partial charge in [0.05, 0.1) is 25.3 Å². The first-order valence-electron chi connectivity index (χ1n) is 7.37. The summed E-state index contributed by atoms with van der Waals surface area (Å²) in [6.07, 6.45) is 7.25. The zero-order valence-electron chi connectivity index (χ0n) is 11.5. The first-order chi connectivity index (χ1) is 9.75. The smallest absolute Gasteiger partial charge is 0.247 e. The molecule has 0 radical (unpaired) electrons. The van der Waals surface area contributed by atoms with E-state index < -0.39 is 6.04 Å². The van der Waals surface area contributed by atoms with Crippen LogP contribution in [0.3, 0.4) is 0 Å².